The van der Waals surface area contributed by atoms with Gasteiger partial charge in [0.2, 0.25) is 5.82 Å². The normalized spacial score (nSPS) is 16.0. The Balaban J connectivity index is 1.95. The van der Waals surface area contributed by atoms with Gasteiger partial charge in [0.05, 0.1) is 11.3 Å². The number of quaternary nitrogens is 1. The molecule has 0 spiro atoms. The Morgan fingerprint density at radius 3 is 2.65 bits per heavy atom. The van der Waals surface area contributed by atoms with Gasteiger partial charge in [0.25, 0.3) is 0 Å². The molecule has 0 saturated heterocycles. The van der Waals surface area contributed by atoms with Gasteiger partial charge in [0, 0.05) is 16.9 Å². The Morgan fingerprint density at radius 1 is 1.17 bits per heavy atom. The van der Waals surface area contributed by atoms with E-state index in [1.54, 1.807) is 12.4 Å². The molecule has 1 aromatic heterocycles. The maximum atomic E-state index is 7.83. The largest absolute Gasteiger partial charge is 0.383 e. The van der Waals surface area contributed by atoms with Crippen LogP contribution in [0, 0.1) is 5.41 Å². The second kappa shape index (κ2) is 6.68. The first-order chi connectivity index (χ1) is 11.1. The van der Waals surface area contributed by atoms with E-state index < -0.39 is 0 Å². The van der Waals surface area contributed by atoms with Gasteiger partial charge in [-0.05, 0) is 29.8 Å². The summed E-state index contributed by atoms with van der Waals surface area (Å²) < 4.78 is 1.02. The van der Waals surface area contributed by atoms with Crippen LogP contribution >= 0.6 is 15.9 Å². The molecule has 5 N–H and O–H groups in total. The molecule has 23 heavy (non-hydrogen) atoms. The van der Waals surface area contributed by atoms with Crippen LogP contribution in [0.4, 0.5) is 0 Å². The van der Waals surface area contributed by atoms with Crippen molar-refractivity contribution in [3.8, 4) is 0 Å². The highest BCUT2D eigenvalue weighted by atomic mass is 79.9. The molecular formula is C17H15BrN5+. The van der Waals surface area contributed by atoms with Crippen LogP contribution < -0.4 is 11.1 Å². The number of aliphatic imine (C=N–C) groups is 1. The highest BCUT2D eigenvalue weighted by Gasteiger charge is 2.19. The molecule has 0 saturated carbocycles. The molecule has 114 valence electrons. The summed E-state index contributed by atoms with van der Waals surface area (Å²) in [6.45, 7) is 0. The SMILES string of the molecule is N=C(N)/C(=C1/N=CC(c2cccc(Br)c2)=C[NH2+]1)c1ccccn1. The lowest BCUT2D eigenvalue weighted by atomic mass is 10.1. The van der Waals surface area contributed by atoms with Gasteiger partial charge in [-0.25, -0.2) is 4.99 Å². The van der Waals surface area contributed by atoms with Crippen LogP contribution in [0.2, 0.25) is 0 Å². The van der Waals surface area contributed by atoms with E-state index in [2.05, 4.69) is 25.9 Å². The molecule has 1 aliphatic rings. The first kappa shape index (κ1) is 15.3. The van der Waals surface area contributed by atoms with Gasteiger partial charge >= 0.3 is 0 Å². The molecule has 0 unspecified atom stereocenters. The fraction of sp³-hybridized carbons (Fsp3) is 0. The summed E-state index contributed by atoms with van der Waals surface area (Å²) in [5.74, 6) is 0.585. The number of hydrogen-bond acceptors (Lipinski definition) is 3. The number of benzene rings is 1. The first-order valence-electron chi connectivity index (χ1n) is 7.00. The minimum Gasteiger partial charge on any atom is -0.383 e. The fourth-order valence-corrected chi connectivity index (χ4v) is 2.70. The van der Waals surface area contributed by atoms with Crippen molar-refractivity contribution in [2.24, 2.45) is 10.7 Å². The van der Waals surface area contributed by atoms with E-state index in [4.69, 9.17) is 11.1 Å². The predicted molar refractivity (Wildman–Crippen MR) is 95.6 cm³/mol. The van der Waals surface area contributed by atoms with Crippen molar-refractivity contribution in [1.82, 2.24) is 4.98 Å². The van der Waals surface area contributed by atoms with E-state index in [1.807, 2.05) is 54.0 Å². The summed E-state index contributed by atoms with van der Waals surface area (Å²) in [5.41, 5.74) is 8.97. The summed E-state index contributed by atoms with van der Waals surface area (Å²) in [6.07, 6.45) is 5.42. The molecule has 0 amide bonds. The van der Waals surface area contributed by atoms with Gasteiger partial charge < -0.3 is 5.73 Å². The third kappa shape index (κ3) is 3.44. The minimum absolute atomic E-state index is 0.0496. The first-order valence-corrected chi connectivity index (χ1v) is 7.79. The lowest BCUT2D eigenvalue weighted by Crippen LogP contribution is -2.77. The van der Waals surface area contributed by atoms with Gasteiger partial charge in [-0.2, -0.15) is 0 Å². The van der Waals surface area contributed by atoms with E-state index in [0.29, 0.717) is 17.1 Å². The quantitative estimate of drug-likeness (QED) is 0.571. The Morgan fingerprint density at radius 2 is 2.04 bits per heavy atom. The van der Waals surface area contributed by atoms with Crippen LogP contribution in [0.3, 0.4) is 0 Å². The monoisotopic (exact) mass is 368 g/mol. The van der Waals surface area contributed by atoms with Crippen LogP contribution in [0.5, 0.6) is 0 Å². The number of halogens is 1. The van der Waals surface area contributed by atoms with Crippen LogP contribution in [0.25, 0.3) is 11.1 Å². The van der Waals surface area contributed by atoms with Gasteiger partial charge in [-0.15, -0.1) is 0 Å². The van der Waals surface area contributed by atoms with E-state index in [1.165, 1.54) is 0 Å². The van der Waals surface area contributed by atoms with Crippen molar-refractivity contribution in [2.75, 3.05) is 0 Å². The minimum atomic E-state index is -0.0496. The van der Waals surface area contributed by atoms with Gasteiger partial charge in [0.15, 0.2) is 0 Å². The Labute approximate surface area is 142 Å². The summed E-state index contributed by atoms with van der Waals surface area (Å²) in [6, 6.07) is 13.5. The number of hydrogen-bond donors (Lipinski definition) is 3. The van der Waals surface area contributed by atoms with Crippen LogP contribution in [0.1, 0.15) is 11.3 Å². The number of pyridine rings is 1. The van der Waals surface area contributed by atoms with E-state index in [-0.39, 0.29) is 5.84 Å². The van der Waals surface area contributed by atoms with Crippen molar-refractivity contribution >= 4 is 39.1 Å². The van der Waals surface area contributed by atoms with Crippen LogP contribution in [-0.2, 0) is 0 Å². The maximum Gasteiger partial charge on any atom is 0.242 e. The number of nitrogens with one attached hydrogen (secondary N) is 1. The van der Waals surface area contributed by atoms with Gasteiger partial charge in [-0.1, -0.05) is 34.1 Å². The zero-order valence-electron chi connectivity index (χ0n) is 12.2. The number of nitrogens with zero attached hydrogens (tertiary/aromatic N) is 2. The molecule has 0 radical (unpaired) electrons. The predicted octanol–water partition coefficient (Wildman–Crippen LogP) is 2.14. The van der Waals surface area contributed by atoms with Crippen molar-refractivity contribution in [3.63, 3.8) is 0 Å². The zero-order valence-corrected chi connectivity index (χ0v) is 13.8. The standard InChI is InChI=1S/C17H14BrN5/c18-13-5-3-4-11(8-13)12-9-22-17(23-10-12)15(16(19)20)14-6-1-2-7-21-14/h1-10,22H,(H3,19,20)/p+1/b17-15+. The number of rotatable bonds is 3. The summed E-state index contributed by atoms with van der Waals surface area (Å²) in [4.78, 5) is 8.73. The third-order valence-corrected chi connectivity index (χ3v) is 3.86. The molecule has 1 aromatic carbocycles. The molecule has 2 aromatic rings. The van der Waals surface area contributed by atoms with Crippen molar-refractivity contribution in [2.45, 2.75) is 0 Å². The van der Waals surface area contributed by atoms with Crippen molar-refractivity contribution < 1.29 is 5.32 Å². The Kier molecular flexibility index (Phi) is 4.45. The smallest absolute Gasteiger partial charge is 0.242 e. The van der Waals surface area contributed by atoms with Gasteiger partial charge in [0.1, 0.15) is 17.6 Å². The average molecular weight is 369 g/mol. The summed E-state index contributed by atoms with van der Waals surface area (Å²) in [5, 5.41) is 9.69. The third-order valence-electron chi connectivity index (χ3n) is 3.37. The number of allylic oxidation sites excluding steroid dienone is 1. The van der Waals surface area contributed by atoms with Gasteiger partial charge in [-0.3, -0.25) is 15.7 Å². The Hall–Kier alpha value is -2.57. The highest BCUT2D eigenvalue weighted by Crippen LogP contribution is 2.20. The molecule has 6 heteroatoms. The molecule has 5 nitrogen and oxygen atoms in total. The average Bonchev–Trinajstić information content (AvgIpc) is 2.56. The van der Waals surface area contributed by atoms with Crippen LogP contribution in [-0.4, -0.2) is 17.0 Å². The Bertz CT molecular complexity index is 837. The molecule has 0 fully saturated rings. The van der Waals surface area contributed by atoms with E-state index >= 15 is 0 Å². The number of nitrogens with two attached hydrogens (primary N) is 2. The van der Waals surface area contributed by atoms with Crippen molar-refractivity contribution in [3.05, 3.63) is 76.4 Å². The second-order valence-electron chi connectivity index (χ2n) is 4.95. The topological polar surface area (TPSA) is 91.7 Å². The summed E-state index contributed by atoms with van der Waals surface area (Å²) >= 11 is 3.47. The fourth-order valence-electron chi connectivity index (χ4n) is 2.30. The molecular weight excluding hydrogens is 354 g/mol. The molecule has 2 heterocycles. The highest BCUT2D eigenvalue weighted by molar-refractivity contribution is 9.10. The van der Waals surface area contributed by atoms with Crippen molar-refractivity contribution in [1.29, 1.82) is 5.41 Å². The number of amidine groups is 1. The second-order valence-corrected chi connectivity index (χ2v) is 5.86. The number of aromatic nitrogens is 1. The molecule has 0 atom stereocenters. The lowest BCUT2D eigenvalue weighted by molar-refractivity contribution is -0.534. The molecule has 0 aliphatic carbocycles. The molecule has 3 rings (SSSR count). The van der Waals surface area contributed by atoms with Crippen LogP contribution in [0.15, 0.2) is 70.1 Å². The lowest BCUT2D eigenvalue weighted by Gasteiger charge is -2.11. The van der Waals surface area contributed by atoms with E-state index in [0.717, 1.165) is 15.6 Å². The maximum absolute atomic E-state index is 7.83. The van der Waals surface area contributed by atoms with E-state index in [9.17, 15) is 0 Å². The molecule has 1 aliphatic heterocycles. The molecule has 0 bridgehead atoms. The zero-order chi connectivity index (χ0) is 16.2. The summed E-state index contributed by atoms with van der Waals surface area (Å²) in [7, 11) is 0.